The van der Waals surface area contributed by atoms with Gasteiger partial charge in [0.25, 0.3) is 0 Å². The predicted octanol–water partition coefficient (Wildman–Crippen LogP) is 4.56. The van der Waals surface area contributed by atoms with E-state index < -0.39 is 10.8 Å². The first-order valence-corrected chi connectivity index (χ1v) is 13.7. The Morgan fingerprint density at radius 3 is 2.52 bits per heavy atom. The second-order valence-corrected chi connectivity index (χ2v) is 12.3. The number of amides is 3. The average Bonchev–Trinajstić information content (AvgIpc) is 3.43. The minimum absolute atomic E-state index is 0.0359. The zero-order chi connectivity index (χ0) is 28.7. The van der Waals surface area contributed by atoms with Crippen molar-refractivity contribution < 1.29 is 14.4 Å². The van der Waals surface area contributed by atoms with Gasteiger partial charge in [-0.15, -0.1) is 0 Å². The Kier molecular flexibility index (Phi) is 6.90. The van der Waals surface area contributed by atoms with Gasteiger partial charge in [-0.1, -0.05) is 52.0 Å². The monoisotopic (exact) mass is 539 g/mol. The van der Waals surface area contributed by atoms with Gasteiger partial charge in [0, 0.05) is 35.6 Å². The lowest BCUT2D eigenvalue weighted by Crippen LogP contribution is -2.43. The van der Waals surface area contributed by atoms with Crippen molar-refractivity contribution in [3.8, 4) is 0 Å². The molecule has 40 heavy (non-hydrogen) atoms. The van der Waals surface area contributed by atoms with Crippen molar-refractivity contribution in [2.24, 2.45) is 5.41 Å². The molecule has 0 saturated carbocycles. The first-order chi connectivity index (χ1) is 18.9. The van der Waals surface area contributed by atoms with Gasteiger partial charge in [0.2, 0.25) is 17.7 Å². The number of fused-ring (bicyclic) bond motifs is 3. The van der Waals surface area contributed by atoms with E-state index >= 15 is 0 Å². The highest BCUT2D eigenvalue weighted by molar-refractivity contribution is 6.06. The van der Waals surface area contributed by atoms with Crippen molar-refractivity contribution in [2.45, 2.75) is 57.8 Å². The van der Waals surface area contributed by atoms with E-state index in [1.165, 1.54) is 0 Å². The van der Waals surface area contributed by atoms with Crippen LogP contribution in [-0.4, -0.2) is 36.3 Å². The summed E-state index contributed by atoms with van der Waals surface area (Å²) in [7, 11) is 1.89. The third kappa shape index (κ3) is 5.06. The molecule has 5 rings (SSSR count). The predicted molar refractivity (Wildman–Crippen MR) is 157 cm³/mol. The second kappa shape index (κ2) is 10.1. The molecule has 0 radical (unpaired) electrons. The van der Waals surface area contributed by atoms with Crippen molar-refractivity contribution in [1.82, 2.24) is 10.3 Å². The highest BCUT2D eigenvalue weighted by Crippen LogP contribution is 2.47. The van der Waals surface area contributed by atoms with E-state index in [1.54, 1.807) is 6.20 Å². The van der Waals surface area contributed by atoms with Gasteiger partial charge in [-0.05, 0) is 71.7 Å². The van der Waals surface area contributed by atoms with Gasteiger partial charge < -0.3 is 21.3 Å². The molecule has 4 N–H and O–H groups in total. The summed E-state index contributed by atoms with van der Waals surface area (Å²) >= 11 is 0. The number of hydrogen-bond acceptors (Lipinski definition) is 5. The van der Waals surface area contributed by atoms with E-state index in [-0.39, 0.29) is 29.7 Å². The fraction of sp³-hybridized carbons (Fsp3) is 0.375. The molecule has 2 heterocycles. The first kappa shape index (κ1) is 27.4. The van der Waals surface area contributed by atoms with E-state index in [9.17, 15) is 14.4 Å². The maximum atomic E-state index is 13.1. The fourth-order valence-corrected chi connectivity index (χ4v) is 6.33. The Labute approximate surface area is 235 Å². The Balaban J connectivity index is 1.19. The largest absolute Gasteiger partial charge is 0.388 e. The molecule has 3 aromatic rings. The van der Waals surface area contributed by atoms with Gasteiger partial charge in [-0.3, -0.25) is 14.4 Å². The molecule has 2 aliphatic rings. The van der Waals surface area contributed by atoms with Crippen molar-refractivity contribution in [1.29, 1.82) is 0 Å². The number of hydrogen-bond donors (Lipinski definition) is 4. The Morgan fingerprint density at radius 1 is 0.975 bits per heavy atom. The van der Waals surface area contributed by atoms with Crippen LogP contribution in [0.2, 0.25) is 0 Å². The van der Waals surface area contributed by atoms with E-state index in [1.807, 2.05) is 63.4 Å². The lowest BCUT2D eigenvalue weighted by molar-refractivity contribution is -0.132. The van der Waals surface area contributed by atoms with Gasteiger partial charge in [0.15, 0.2) is 0 Å². The van der Waals surface area contributed by atoms with Crippen LogP contribution in [0.1, 0.15) is 56.4 Å². The van der Waals surface area contributed by atoms with Crippen LogP contribution in [-0.2, 0) is 38.1 Å². The number of carbonyl (C=O) groups is 3. The molecule has 1 atom stereocenters. The zero-order valence-electron chi connectivity index (χ0n) is 23.8. The van der Waals surface area contributed by atoms with Crippen LogP contribution in [0.25, 0.3) is 0 Å². The molecule has 0 saturated heterocycles. The molecule has 208 valence electrons. The average molecular weight is 540 g/mol. The molecule has 1 aliphatic carbocycles. The second-order valence-electron chi connectivity index (χ2n) is 12.3. The highest BCUT2D eigenvalue weighted by Gasteiger charge is 2.51. The number of carbonyl (C=O) groups excluding carboxylic acids is 3. The van der Waals surface area contributed by atoms with E-state index in [2.05, 4.69) is 52.2 Å². The Morgan fingerprint density at radius 2 is 1.75 bits per heavy atom. The number of nitrogens with one attached hydrogen (secondary N) is 4. The molecule has 0 fully saturated rings. The summed E-state index contributed by atoms with van der Waals surface area (Å²) in [4.78, 5) is 43.2. The molecule has 8 heteroatoms. The lowest BCUT2D eigenvalue weighted by Gasteiger charge is -2.34. The maximum absolute atomic E-state index is 13.1. The number of anilines is 3. The smallest absolute Gasteiger partial charge is 0.243 e. The molecule has 1 aromatic heterocycles. The summed E-state index contributed by atoms with van der Waals surface area (Å²) in [6.45, 7) is 7.96. The van der Waals surface area contributed by atoms with Crippen molar-refractivity contribution in [3.05, 3.63) is 83.0 Å². The first-order valence-electron chi connectivity index (χ1n) is 13.7. The molecular weight excluding hydrogens is 502 g/mol. The number of benzene rings is 2. The van der Waals surface area contributed by atoms with Crippen molar-refractivity contribution in [2.75, 3.05) is 29.5 Å². The van der Waals surface area contributed by atoms with Crippen LogP contribution >= 0.6 is 0 Å². The third-order valence-electron chi connectivity index (χ3n) is 8.31. The molecule has 1 unspecified atom stereocenters. The van der Waals surface area contributed by atoms with Gasteiger partial charge in [0.05, 0.1) is 12.0 Å². The lowest BCUT2D eigenvalue weighted by atomic mass is 9.71. The molecular formula is C32H37N5O3. The topological polar surface area (TPSA) is 112 Å². The van der Waals surface area contributed by atoms with Crippen LogP contribution in [0.4, 0.5) is 17.2 Å². The van der Waals surface area contributed by atoms with Crippen LogP contribution in [0.5, 0.6) is 0 Å². The van der Waals surface area contributed by atoms with E-state index in [0.29, 0.717) is 30.8 Å². The SMILES string of the molecule is CNc1cccc(C(C)(C)CC(C)(C)C(=O)NCC(=O)Nc2ccc3c(c2)CC2(C3)C(=O)Nc3ncccc32)c1. The third-order valence-corrected chi connectivity index (χ3v) is 8.31. The normalized spacial score (nSPS) is 17.7. The summed E-state index contributed by atoms with van der Waals surface area (Å²) in [5.74, 6) is 0.121. The summed E-state index contributed by atoms with van der Waals surface area (Å²) in [6.07, 6.45) is 3.44. The fourth-order valence-electron chi connectivity index (χ4n) is 6.33. The van der Waals surface area contributed by atoms with Crippen molar-refractivity contribution >= 4 is 34.9 Å². The standard InChI is InChI=1S/C32H37N5O3/c1-30(2,22-8-6-9-23(15-22)33-5)19-31(3,4)28(39)35-18-26(38)36-24-12-11-20-16-32(17-21(20)14-24)25-10-7-13-34-27(25)37-29(32)40/h6-15,33H,16-19H2,1-5H3,(H,35,39)(H,36,38)(H,34,37,40). The molecule has 3 amide bonds. The van der Waals surface area contributed by atoms with Crippen LogP contribution < -0.4 is 21.3 Å². The number of nitrogens with zero attached hydrogens (tertiary/aromatic N) is 1. The summed E-state index contributed by atoms with van der Waals surface area (Å²) < 4.78 is 0. The summed E-state index contributed by atoms with van der Waals surface area (Å²) in [5, 5.41) is 11.8. The van der Waals surface area contributed by atoms with Gasteiger partial charge in [0.1, 0.15) is 5.82 Å². The van der Waals surface area contributed by atoms with Crippen molar-refractivity contribution in [3.63, 3.8) is 0 Å². The number of rotatable bonds is 8. The van der Waals surface area contributed by atoms with Gasteiger partial charge >= 0.3 is 0 Å². The number of aromatic nitrogens is 1. The maximum Gasteiger partial charge on any atom is 0.243 e. The Bertz CT molecular complexity index is 1500. The van der Waals surface area contributed by atoms with E-state index in [0.717, 1.165) is 27.9 Å². The molecule has 2 aromatic carbocycles. The minimum Gasteiger partial charge on any atom is -0.388 e. The van der Waals surface area contributed by atoms with E-state index in [4.69, 9.17) is 0 Å². The summed E-state index contributed by atoms with van der Waals surface area (Å²) in [5.41, 5.74) is 4.26. The Hall–Kier alpha value is -4.20. The molecule has 0 bridgehead atoms. The van der Waals surface area contributed by atoms with Crippen LogP contribution in [0.15, 0.2) is 60.8 Å². The molecule has 8 nitrogen and oxygen atoms in total. The van der Waals surface area contributed by atoms with Gasteiger partial charge in [-0.25, -0.2) is 4.98 Å². The summed E-state index contributed by atoms with van der Waals surface area (Å²) in [6, 6.07) is 17.8. The quantitative estimate of drug-likeness (QED) is 0.335. The number of pyridine rings is 1. The molecule has 1 spiro atoms. The van der Waals surface area contributed by atoms with Crippen LogP contribution in [0, 0.1) is 5.41 Å². The highest BCUT2D eigenvalue weighted by atomic mass is 16.2. The zero-order valence-corrected chi connectivity index (χ0v) is 23.8. The minimum atomic E-state index is -0.686. The van der Waals surface area contributed by atoms with Crippen LogP contribution in [0.3, 0.4) is 0 Å². The molecule has 1 aliphatic heterocycles. The van der Waals surface area contributed by atoms with Gasteiger partial charge in [-0.2, -0.15) is 0 Å².